The summed E-state index contributed by atoms with van der Waals surface area (Å²) in [5, 5.41) is 3.89. The summed E-state index contributed by atoms with van der Waals surface area (Å²) in [6, 6.07) is 2.25. The van der Waals surface area contributed by atoms with Crippen molar-refractivity contribution in [2.45, 2.75) is 39.2 Å². The normalized spacial score (nSPS) is 14.2. The first kappa shape index (κ1) is 16.1. The molecule has 1 unspecified atom stereocenters. The van der Waals surface area contributed by atoms with Crippen LogP contribution in [0.25, 0.3) is 0 Å². The predicted octanol–water partition coefficient (Wildman–Crippen LogP) is 4.14. The SMILES string of the molecule is Cc1noc(C)c1CCC(C)(N)c1cc(Br)c(F)cc1F. The van der Waals surface area contributed by atoms with Crippen molar-refractivity contribution >= 4 is 15.9 Å². The summed E-state index contributed by atoms with van der Waals surface area (Å²) in [5.74, 6) is -0.540. The van der Waals surface area contributed by atoms with Gasteiger partial charge < -0.3 is 10.3 Å². The summed E-state index contributed by atoms with van der Waals surface area (Å²) in [6.07, 6.45) is 1.10. The molecule has 0 saturated heterocycles. The Bertz CT molecular complexity index is 648. The average molecular weight is 359 g/mol. The second kappa shape index (κ2) is 5.85. The number of nitrogens with two attached hydrogens (primary N) is 1. The molecule has 1 aromatic carbocycles. The van der Waals surface area contributed by atoms with Crippen LogP contribution in [0.1, 0.15) is 35.9 Å². The summed E-state index contributed by atoms with van der Waals surface area (Å²) in [7, 11) is 0. The number of nitrogens with zero attached hydrogens (tertiary/aromatic N) is 1. The molecule has 0 aliphatic heterocycles. The number of aromatic nitrogens is 1. The summed E-state index contributed by atoms with van der Waals surface area (Å²) in [5.41, 5.74) is 7.39. The van der Waals surface area contributed by atoms with Crippen molar-refractivity contribution in [3.05, 3.63) is 50.8 Å². The van der Waals surface area contributed by atoms with Crippen molar-refractivity contribution in [1.29, 1.82) is 0 Å². The Hall–Kier alpha value is -1.27. The lowest BCUT2D eigenvalue weighted by molar-refractivity contribution is 0.390. The lowest BCUT2D eigenvalue weighted by Crippen LogP contribution is -2.34. The van der Waals surface area contributed by atoms with Crippen LogP contribution in [0, 0.1) is 25.5 Å². The van der Waals surface area contributed by atoms with E-state index in [2.05, 4.69) is 21.1 Å². The molecule has 2 rings (SSSR count). The van der Waals surface area contributed by atoms with Crippen LogP contribution in [0.4, 0.5) is 8.78 Å². The van der Waals surface area contributed by atoms with Gasteiger partial charge in [-0.05, 0) is 55.6 Å². The molecular formula is C15H17BrF2N2O. The molecule has 21 heavy (non-hydrogen) atoms. The highest BCUT2D eigenvalue weighted by molar-refractivity contribution is 9.10. The molecule has 6 heteroatoms. The quantitative estimate of drug-likeness (QED) is 0.835. The number of hydrogen-bond acceptors (Lipinski definition) is 3. The van der Waals surface area contributed by atoms with Gasteiger partial charge in [0.05, 0.1) is 10.2 Å². The highest BCUT2D eigenvalue weighted by Gasteiger charge is 2.27. The fraction of sp³-hybridized carbons (Fsp3) is 0.400. The van der Waals surface area contributed by atoms with Crippen molar-refractivity contribution < 1.29 is 13.3 Å². The zero-order valence-electron chi connectivity index (χ0n) is 12.1. The number of rotatable bonds is 4. The zero-order valence-corrected chi connectivity index (χ0v) is 13.7. The minimum atomic E-state index is -0.920. The molecule has 0 aliphatic carbocycles. The maximum Gasteiger partial charge on any atom is 0.140 e. The largest absolute Gasteiger partial charge is 0.361 e. The summed E-state index contributed by atoms with van der Waals surface area (Å²) < 4.78 is 32.6. The molecule has 0 saturated carbocycles. The van der Waals surface area contributed by atoms with E-state index >= 15 is 0 Å². The van der Waals surface area contributed by atoms with Gasteiger partial charge in [0.1, 0.15) is 17.4 Å². The molecule has 2 N–H and O–H groups in total. The highest BCUT2D eigenvalue weighted by Crippen LogP contribution is 2.30. The molecule has 1 heterocycles. The molecule has 1 atom stereocenters. The van der Waals surface area contributed by atoms with Crippen molar-refractivity contribution in [2.75, 3.05) is 0 Å². The van der Waals surface area contributed by atoms with Crippen LogP contribution in [-0.2, 0) is 12.0 Å². The first-order valence-corrected chi connectivity index (χ1v) is 7.37. The molecule has 0 radical (unpaired) electrons. The Morgan fingerprint density at radius 1 is 1.29 bits per heavy atom. The van der Waals surface area contributed by atoms with Gasteiger partial charge in [-0.3, -0.25) is 0 Å². The molecule has 2 aromatic rings. The highest BCUT2D eigenvalue weighted by atomic mass is 79.9. The van der Waals surface area contributed by atoms with Crippen LogP contribution in [0.3, 0.4) is 0 Å². The second-order valence-electron chi connectivity index (χ2n) is 5.47. The topological polar surface area (TPSA) is 52.0 Å². The first-order chi connectivity index (χ1) is 9.72. The Balaban J connectivity index is 2.24. The van der Waals surface area contributed by atoms with Crippen LogP contribution in [0.15, 0.2) is 21.1 Å². The predicted molar refractivity (Wildman–Crippen MR) is 79.9 cm³/mol. The van der Waals surface area contributed by atoms with Crippen molar-refractivity contribution in [3.63, 3.8) is 0 Å². The van der Waals surface area contributed by atoms with Crippen LogP contribution in [0.5, 0.6) is 0 Å². The Morgan fingerprint density at radius 3 is 2.52 bits per heavy atom. The molecule has 114 valence electrons. The fourth-order valence-electron chi connectivity index (χ4n) is 2.34. The van der Waals surface area contributed by atoms with E-state index in [1.54, 1.807) is 6.92 Å². The van der Waals surface area contributed by atoms with Gasteiger partial charge in [0.25, 0.3) is 0 Å². The lowest BCUT2D eigenvalue weighted by atomic mass is 9.86. The smallest absolute Gasteiger partial charge is 0.140 e. The maximum atomic E-state index is 14.0. The maximum absolute atomic E-state index is 14.0. The Kier molecular flexibility index (Phi) is 4.49. The van der Waals surface area contributed by atoms with Gasteiger partial charge in [-0.25, -0.2) is 8.78 Å². The van der Waals surface area contributed by atoms with Crippen LogP contribution < -0.4 is 5.73 Å². The van der Waals surface area contributed by atoms with E-state index < -0.39 is 17.2 Å². The molecule has 0 fully saturated rings. The van der Waals surface area contributed by atoms with E-state index in [4.69, 9.17) is 10.3 Å². The minimum absolute atomic E-state index is 0.202. The van der Waals surface area contributed by atoms with Gasteiger partial charge in [0.15, 0.2) is 0 Å². The van der Waals surface area contributed by atoms with E-state index in [0.717, 1.165) is 23.1 Å². The summed E-state index contributed by atoms with van der Waals surface area (Å²) in [6.45, 7) is 5.42. The van der Waals surface area contributed by atoms with Gasteiger partial charge >= 0.3 is 0 Å². The summed E-state index contributed by atoms with van der Waals surface area (Å²) >= 11 is 3.06. The number of hydrogen-bond donors (Lipinski definition) is 1. The lowest BCUT2D eigenvalue weighted by Gasteiger charge is -2.26. The van der Waals surface area contributed by atoms with Gasteiger partial charge in [-0.2, -0.15) is 0 Å². The fourth-order valence-corrected chi connectivity index (χ4v) is 2.68. The van der Waals surface area contributed by atoms with Crippen LogP contribution >= 0.6 is 15.9 Å². The molecule has 0 bridgehead atoms. The van der Waals surface area contributed by atoms with E-state index in [0.29, 0.717) is 12.8 Å². The number of aryl methyl sites for hydroxylation is 2. The monoisotopic (exact) mass is 358 g/mol. The van der Waals surface area contributed by atoms with Crippen LogP contribution in [0.2, 0.25) is 0 Å². The second-order valence-corrected chi connectivity index (χ2v) is 6.32. The Morgan fingerprint density at radius 2 is 1.95 bits per heavy atom. The first-order valence-electron chi connectivity index (χ1n) is 6.58. The van der Waals surface area contributed by atoms with Gasteiger partial charge in [-0.1, -0.05) is 5.16 Å². The number of halogens is 3. The zero-order chi connectivity index (χ0) is 15.8. The molecule has 0 spiro atoms. The van der Waals surface area contributed by atoms with Crippen molar-refractivity contribution in [1.82, 2.24) is 5.16 Å². The molecule has 0 aliphatic rings. The van der Waals surface area contributed by atoms with Gasteiger partial charge in [0, 0.05) is 22.7 Å². The third-order valence-electron chi connectivity index (χ3n) is 3.70. The molecular weight excluding hydrogens is 342 g/mol. The van der Waals surface area contributed by atoms with Gasteiger partial charge in [-0.15, -0.1) is 0 Å². The van der Waals surface area contributed by atoms with Crippen molar-refractivity contribution in [3.8, 4) is 0 Å². The Labute approximate surface area is 130 Å². The third-order valence-corrected chi connectivity index (χ3v) is 4.31. The van der Waals surface area contributed by atoms with E-state index in [1.165, 1.54) is 6.07 Å². The number of benzene rings is 1. The standard InChI is InChI=1S/C15H17BrF2N2O/c1-8-10(9(2)21-20-8)4-5-15(3,19)11-6-12(16)14(18)7-13(11)17/h6-7H,4-5,19H2,1-3H3. The van der Waals surface area contributed by atoms with E-state index in [-0.39, 0.29) is 10.0 Å². The van der Waals surface area contributed by atoms with E-state index in [9.17, 15) is 8.78 Å². The van der Waals surface area contributed by atoms with Crippen molar-refractivity contribution in [2.24, 2.45) is 5.73 Å². The third kappa shape index (κ3) is 3.32. The minimum Gasteiger partial charge on any atom is -0.361 e. The molecule has 0 amide bonds. The van der Waals surface area contributed by atoms with Gasteiger partial charge in [0.2, 0.25) is 0 Å². The van der Waals surface area contributed by atoms with Crippen LogP contribution in [-0.4, -0.2) is 5.16 Å². The molecule has 1 aromatic heterocycles. The molecule has 3 nitrogen and oxygen atoms in total. The average Bonchev–Trinajstić information content (AvgIpc) is 2.71. The van der Waals surface area contributed by atoms with E-state index in [1.807, 2.05) is 13.8 Å². The summed E-state index contributed by atoms with van der Waals surface area (Å²) in [4.78, 5) is 0.